The van der Waals surface area contributed by atoms with Crippen LogP contribution in [0, 0.1) is 0 Å². The molecular weight excluding hydrogens is 226 g/mol. The number of rotatable bonds is 10. The highest BCUT2D eigenvalue weighted by Gasteiger charge is 2.26. The van der Waals surface area contributed by atoms with E-state index < -0.39 is 0 Å². The van der Waals surface area contributed by atoms with E-state index in [1.807, 2.05) is 0 Å². The summed E-state index contributed by atoms with van der Waals surface area (Å²) >= 11 is 0. The number of aliphatic hydroxyl groups is 1. The average Bonchev–Trinajstić information content (AvgIpc) is 2.26. The van der Waals surface area contributed by atoms with Gasteiger partial charge in [-0.05, 0) is 47.1 Å². The summed E-state index contributed by atoms with van der Waals surface area (Å²) in [5, 5.41) is 13.1. The average molecular weight is 259 g/mol. The number of nitrogens with zero attached hydrogens (tertiary/aromatic N) is 2. The van der Waals surface area contributed by atoms with Crippen LogP contribution < -0.4 is 5.32 Å². The predicted molar refractivity (Wildman–Crippen MR) is 79.0 cm³/mol. The Kier molecular flexibility index (Phi) is 8.78. The Morgan fingerprint density at radius 3 is 2.22 bits per heavy atom. The van der Waals surface area contributed by atoms with Gasteiger partial charge in [0.05, 0.1) is 12.1 Å². The molecule has 4 heteroatoms. The lowest BCUT2D eigenvalue weighted by molar-refractivity contribution is 0.113. The lowest BCUT2D eigenvalue weighted by Gasteiger charge is -2.36. The number of nitrogens with one attached hydrogen (secondary N) is 1. The topological polar surface area (TPSA) is 38.7 Å². The van der Waals surface area contributed by atoms with Gasteiger partial charge in [-0.3, -0.25) is 0 Å². The Morgan fingerprint density at radius 1 is 1.22 bits per heavy atom. The van der Waals surface area contributed by atoms with Gasteiger partial charge in [0.2, 0.25) is 0 Å². The zero-order chi connectivity index (χ0) is 14.2. The second kappa shape index (κ2) is 8.86. The molecule has 0 rings (SSSR count). The third-order valence-corrected chi connectivity index (χ3v) is 3.09. The Hall–Kier alpha value is -0.160. The van der Waals surface area contributed by atoms with Gasteiger partial charge in [0.15, 0.2) is 0 Å². The molecule has 1 atom stereocenters. The Bertz CT molecular complexity index is 209. The molecule has 0 radical (unpaired) electrons. The first-order chi connectivity index (χ1) is 8.33. The fourth-order valence-corrected chi connectivity index (χ4v) is 2.29. The van der Waals surface area contributed by atoms with Crippen LogP contribution in [0.3, 0.4) is 0 Å². The van der Waals surface area contributed by atoms with Gasteiger partial charge in [-0.1, -0.05) is 20.8 Å². The van der Waals surface area contributed by atoms with E-state index in [1.165, 1.54) is 6.42 Å². The minimum atomic E-state index is -0.206. The summed E-state index contributed by atoms with van der Waals surface area (Å²) in [5.74, 6) is 0. The largest absolute Gasteiger partial charge is 0.394 e. The van der Waals surface area contributed by atoms with Gasteiger partial charge in [-0.25, -0.2) is 0 Å². The van der Waals surface area contributed by atoms with Gasteiger partial charge >= 0.3 is 0 Å². The zero-order valence-electron chi connectivity index (χ0n) is 13.2. The maximum Gasteiger partial charge on any atom is 0.0623 e. The van der Waals surface area contributed by atoms with Gasteiger partial charge in [0, 0.05) is 12.6 Å². The van der Waals surface area contributed by atoms with Crippen molar-refractivity contribution in [1.29, 1.82) is 0 Å². The molecule has 0 aliphatic rings. The van der Waals surface area contributed by atoms with Crippen molar-refractivity contribution in [2.24, 2.45) is 0 Å². The van der Waals surface area contributed by atoms with Crippen LogP contribution in [0.15, 0.2) is 0 Å². The molecule has 110 valence electrons. The highest BCUT2D eigenvalue weighted by molar-refractivity contribution is 4.87. The lowest BCUT2D eigenvalue weighted by atomic mass is 10.0. The first kappa shape index (κ1) is 17.8. The van der Waals surface area contributed by atoms with E-state index >= 15 is 0 Å². The molecule has 18 heavy (non-hydrogen) atoms. The first-order valence-corrected chi connectivity index (χ1v) is 7.08. The number of hydrogen-bond acceptors (Lipinski definition) is 4. The second-order valence-corrected chi connectivity index (χ2v) is 6.04. The second-order valence-electron chi connectivity index (χ2n) is 6.04. The minimum absolute atomic E-state index is 0.176. The molecule has 2 N–H and O–H groups in total. The summed E-state index contributed by atoms with van der Waals surface area (Å²) < 4.78 is 0. The normalized spacial score (nSPS) is 15.7. The first-order valence-electron chi connectivity index (χ1n) is 7.08. The monoisotopic (exact) mass is 259 g/mol. The number of hydrogen-bond donors (Lipinski definition) is 2. The van der Waals surface area contributed by atoms with Crippen molar-refractivity contribution in [2.75, 3.05) is 46.9 Å². The fourth-order valence-electron chi connectivity index (χ4n) is 2.29. The minimum Gasteiger partial charge on any atom is -0.394 e. The standard InChI is InChI=1S/C14H33N3O/c1-7-17(10-8-9-16(5)6)11-14(4,12-18)15-13(2)3/h13,15,18H,7-12H2,1-6H3. The van der Waals surface area contributed by atoms with Crippen LogP contribution in [0.2, 0.25) is 0 Å². The highest BCUT2D eigenvalue weighted by Crippen LogP contribution is 2.08. The summed E-state index contributed by atoms with van der Waals surface area (Å²) in [6, 6.07) is 0.391. The Labute approximate surface area is 113 Å². The van der Waals surface area contributed by atoms with Crippen molar-refractivity contribution in [1.82, 2.24) is 15.1 Å². The molecular formula is C14H33N3O. The van der Waals surface area contributed by atoms with E-state index in [1.54, 1.807) is 0 Å². The molecule has 0 amide bonds. The Balaban J connectivity index is 4.21. The van der Waals surface area contributed by atoms with Crippen molar-refractivity contribution in [3.63, 3.8) is 0 Å². The Morgan fingerprint density at radius 2 is 1.83 bits per heavy atom. The van der Waals surface area contributed by atoms with Crippen LogP contribution in [0.1, 0.15) is 34.1 Å². The van der Waals surface area contributed by atoms with E-state index in [0.29, 0.717) is 6.04 Å². The van der Waals surface area contributed by atoms with E-state index in [0.717, 1.165) is 26.2 Å². The number of likely N-dealkylation sites (N-methyl/N-ethyl adjacent to an activating group) is 1. The molecule has 0 aromatic carbocycles. The van der Waals surface area contributed by atoms with Crippen LogP contribution in [0.25, 0.3) is 0 Å². The van der Waals surface area contributed by atoms with Gasteiger partial charge in [-0.15, -0.1) is 0 Å². The lowest BCUT2D eigenvalue weighted by Crippen LogP contribution is -2.56. The van der Waals surface area contributed by atoms with Gasteiger partial charge in [-0.2, -0.15) is 0 Å². The summed E-state index contributed by atoms with van der Waals surface area (Å²) in [5.41, 5.74) is -0.206. The molecule has 4 nitrogen and oxygen atoms in total. The third-order valence-electron chi connectivity index (χ3n) is 3.09. The predicted octanol–water partition coefficient (Wildman–Crippen LogP) is 1.01. The van der Waals surface area contributed by atoms with Crippen LogP contribution in [0.5, 0.6) is 0 Å². The SMILES string of the molecule is CCN(CCCN(C)C)CC(C)(CO)NC(C)C. The van der Waals surface area contributed by atoms with Crippen LogP contribution >= 0.6 is 0 Å². The van der Waals surface area contributed by atoms with E-state index in [2.05, 4.69) is 56.9 Å². The zero-order valence-corrected chi connectivity index (χ0v) is 13.2. The van der Waals surface area contributed by atoms with E-state index in [4.69, 9.17) is 0 Å². The molecule has 0 aliphatic carbocycles. The summed E-state index contributed by atoms with van der Waals surface area (Å²) in [7, 11) is 4.21. The van der Waals surface area contributed by atoms with E-state index in [9.17, 15) is 5.11 Å². The van der Waals surface area contributed by atoms with Crippen molar-refractivity contribution >= 4 is 0 Å². The fraction of sp³-hybridized carbons (Fsp3) is 1.00. The van der Waals surface area contributed by atoms with Gasteiger partial charge < -0.3 is 20.2 Å². The molecule has 0 bridgehead atoms. The molecule has 0 aromatic rings. The highest BCUT2D eigenvalue weighted by atomic mass is 16.3. The maximum absolute atomic E-state index is 9.59. The van der Waals surface area contributed by atoms with Gasteiger partial charge in [0.25, 0.3) is 0 Å². The van der Waals surface area contributed by atoms with E-state index in [-0.39, 0.29) is 12.1 Å². The summed E-state index contributed by atoms with van der Waals surface area (Å²) in [6.07, 6.45) is 1.17. The van der Waals surface area contributed by atoms with Crippen LogP contribution in [-0.2, 0) is 0 Å². The third kappa shape index (κ3) is 8.03. The number of aliphatic hydroxyl groups excluding tert-OH is 1. The van der Waals surface area contributed by atoms with Crippen molar-refractivity contribution < 1.29 is 5.11 Å². The molecule has 0 saturated carbocycles. The summed E-state index contributed by atoms with van der Waals surface area (Å²) in [6.45, 7) is 12.8. The molecule has 0 spiro atoms. The molecule has 0 heterocycles. The van der Waals surface area contributed by atoms with Crippen molar-refractivity contribution in [2.45, 2.75) is 45.7 Å². The molecule has 1 unspecified atom stereocenters. The molecule has 0 aromatic heterocycles. The smallest absolute Gasteiger partial charge is 0.0623 e. The van der Waals surface area contributed by atoms with Crippen molar-refractivity contribution in [3.05, 3.63) is 0 Å². The molecule has 0 aliphatic heterocycles. The van der Waals surface area contributed by atoms with Crippen LogP contribution in [-0.4, -0.2) is 73.4 Å². The van der Waals surface area contributed by atoms with Crippen LogP contribution in [0.4, 0.5) is 0 Å². The van der Waals surface area contributed by atoms with Crippen molar-refractivity contribution in [3.8, 4) is 0 Å². The van der Waals surface area contributed by atoms with Gasteiger partial charge in [0.1, 0.15) is 0 Å². The summed E-state index contributed by atoms with van der Waals surface area (Å²) in [4.78, 5) is 4.63. The molecule has 0 saturated heterocycles. The quantitative estimate of drug-likeness (QED) is 0.614. The molecule has 0 fully saturated rings. The maximum atomic E-state index is 9.59.